The van der Waals surface area contributed by atoms with Crippen molar-refractivity contribution in [3.8, 4) is 5.75 Å². The minimum atomic E-state index is -0.0175. The van der Waals surface area contributed by atoms with Gasteiger partial charge < -0.3 is 14.4 Å². The summed E-state index contributed by atoms with van der Waals surface area (Å²) in [6, 6.07) is 13.8. The van der Waals surface area contributed by atoms with E-state index in [9.17, 15) is 4.79 Å². The summed E-state index contributed by atoms with van der Waals surface area (Å²) in [4.78, 5) is 14.1. The maximum Gasteiger partial charge on any atom is 0.260 e. The fourth-order valence-electron chi connectivity index (χ4n) is 4.42. The minimum Gasteiger partial charge on any atom is -0.484 e. The zero-order valence-corrected chi connectivity index (χ0v) is 20.8. The van der Waals surface area contributed by atoms with Gasteiger partial charge in [-0.1, -0.05) is 55.2 Å². The number of hydrogen-bond donors (Lipinski definition) is 0. The van der Waals surface area contributed by atoms with Crippen LogP contribution in [0.1, 0.15) is 57.3 Å². The summed E-state index contributed by atoms with van der Waals surface area (Å²) in [5.41, 5.74) is 2.25. The van der Waals surface area contributed by atoms with Crippen molar-refractivity contribution in [2.24, 2.45) is 11.8 Å². The highest BCUT2D eigenvalue weighted by molar-refractivity contribution is 6.42. The quantitative estimate of drug-likeness (QED) is 0.421. The Labute approximate surface area is 201 Å². The van der Waals surface area contributed by atoms with Gasteiger partial charge in [0.05, 0.1) is 22.8 Å². The molecule has 1 aliphatic heterocycles. The summed E-state index contributed by atoms with van der Waals surface area (Å²) in [5, 5.41) is 1.15. The van der Waals surface area contributed by atoms with Gasteiger partial charge >= 0.3 is 0 Å². The summed E-state index contributed by atoms with van der Waals surface area (Å²) in [6.07, 6.45) is 0.988. The van der Waals surface area contributed by atoms with Crippen molar-refractivity contribution in [1.29, 1.82) is 0 Å². The fourth-order valence-corrected chi connectivity index (χ4v) is 4.73. The third-order valence-electron chi connectivity index (χ3n) is 6.36. The van der Waals surface area contributed by atoms with Crippen LogP contribution in [0.25, 0.3) is 0 Å². The number of halogens is 2. The van der Waals surface area contributed by atoms with Crippen molar-refractivity contribution in [3.05, 3.63) is 63.6 Å². The Morgan fingerprint density at radius 2 is 1.84 bits per heavy atom. The van der Waals surface area contributed by atoms with Gasteiger partial charge in [-0.2, -0.15) is 0 Å². The topological polar surface area (TPSA) is 38.8 Å². The Kier molecular flexibility index (Phi) is 8.87. The van der Waals surface area contributed by atoms with Crippen LogP contribution in [0.15, 0.2) is 42.5 Å². The monoisotopic (exact) mass is 477 g/mol. The predicted octanol–water partition coefficient (Wildman–Crippen LogP) is 6.76. The Balaban J connectivity index is 1.72. The Morgan fingerprint density at radius 1 is 1.09 bits per heavy atom. The number of amides is 1. The molecule has 0 aliphatic carbocycles. The molecule has 0 spiro atoms. The fraction of sp³-hybridized carbons (Fsp3) is 0.500. The SMILES string of the molecule is CCN(CC)C(=O)COc1cccc([C@@H]2OC[C@@H](c3ccc(Cl)c(Cl)c3)C[C@H]2C(C)C)c1. The van der Waals surface area contributed by atoms with Gasteiger partial charge in [0.25, 0.3) is 5.91 Å². The van der Waals surface area contributed by atoms with Crippen LogP contribution in [0.2, 0.25) is 10.0 Å². The van der Waals surface area contributed by atoms with Crippen LogP contribution in [-0.4, -0.2) is 37.1 Å². The van der Waals surface area contributed by atoms with Crippen molar-refractivity contribution in [2.75, 3.05) is 26.3 Å². The van der Waals surface area contributed by atoms with E-state index < -0.39 is 0 Å². The van der Waals surface area contributed by atoms with E-state index in [4.69, 9.17) is 32.7 Å². The zero-order chi connectivity index (χ0) is 23.3. The second-order valence-corrected chi connectivity index (χ2v) is 9.51. The van der Waals surface area contributed by atoms with Crippen LogP contribution in [0, 0.1) is 11.8 Å². The molecule has 4 nitrogen and oxygen atoms in total. The number of nitrogens with zero attached hydrogens (tertiary/aromatic N) is 1. The van der Waals surface area contributed by atoms with Crippen molar-refractivity contribution < 1.29 is 14.3 Å². The van der Waals surface area contributed by atoms with Gasteiger partial charge in [-0.05, 0) is 67.5 Å². The van der Waals surface area contributed by atoms with Crippen LogP contribution in [0.5, 0.6) is 5.75 Å². The van der Waals surface area contributed by atoms with Gasteiger partial charge in [0, 0.05) is 19.0 Å². The van der Waals surface area contributed by atoms with Crippen LogP contribution in [-0.2, 0) is 9.53 Å². The third-order valence-corrected chi connectivity index (χ3v) is 7.10. The molecule has 32 heavy (non-hydrogen) atoms. The second kappa shape index (κ2) is 11.4. The summed E-state index contributed by atoms with van der Waals surface area (Å²) in [6.45, 7) is 10.5. The van der Waals surface area contributed by atoms with E-state index in [0.717, 1.165) is 17.5 Å². The highest BCUT2D eigenvalue weighted by Gasteiger charge is 2.35. The molecule has 3 rings (SSSR count). The molecule has 3 atom stereocenters. The van der Waals surface area contributed by atoms with E-state index in [2.05, 4.69) is 19.9 Å². The van der Waals surface area contributed by atoms with E-state index in [1.165, 1.54) is 0 Å². The molecule has 0 N–H and O–H groups in total. The number of rotatable bonds is 8. The van der Waals surface area contributed by atoms with Gasteiger partial charge in [0.2, 0.25) is 0 Å². The molecule has 0 aromatic heterocycles. The van der Waals surface area contributed by atoms with Gasteiger partial charge in [-0.3, -0.25) is 4.79 Å². The van der Waals surface area contributed by atoms with Crippen LogP contribution < -0.4 is 4.74 Å². The molecule has 0 unspecified atom stereocenters. The number of likely N-dealkylation sites (N-methyl/N-ethyl adjacent to an activating group) is 1. The first-order chi connectivity index (χ1) is 15.3. The van der Waals surface area contributed by atoms with Gasteiger partial charge in [0.15, 0.2) is 6.61 Å². The third kappa shape index (κ3) is 5.98. The molecular weight excluding hydrogens is 445 g/mol. The van der Waals surface area contributed by atoms with Crippen molar-refractivity contribution in [2.45, 2.75) is 46.1 Å². The zero-order valence-electron chi connectivity index (χ0n) is 19.3. The highest BCUT2D eigenvalue weighted by atomic mass is 35.5. The van der Waals surface area contributed by atoms with Gasteiger partial charge in [0.1, 0.15) is 5.75 Å². The normalized spacial score (nSPS) is 20.9. The van der Waals surface area contributed by atoms with E-state index in [-0.39, 0.29) is 24.5 Å². The number of carbonyl (C=O) groups is 1. The molecule has 1 heterocycles. The molecule has 2 aromatic rings. The van der Waals surface area contributed by atoms with E-state index in [1.54, 1.807) is 4.90 Å². The van der Waals surface area contributed by atoms with Crippen molar-refractivity contribution >= 4 is 29.1 Å². The summed E-state index contributed by atoms with van der Waals surface area (Å²) in [7, 11) is 0. The lowest BCUT2D eigenvalue weighted by atomic mass is 9.76. The standard InChI is InChI=1S/C26H33Cl2NO3/c1-5-29(6-2)25(30)16-31-21-9-7-8-19(12-21)26-22(17(3)4)13-20(15-32-26)18-10-11-23(27)24(28)14-18/h7-12,14,17,20,22,26H,5-6,13,15-16H2,1-4H3/t20-,22-,26-/m0/s1. The average Bonchev–Trinajstić information content (AvgIpc) is 2.80. The van der Waals surface area contributed by atoms with Gasteiger partial charge in [-0.25, -0.2) is 0 Å². The van der Waals surface area contributed by atoms with Crippen LogP contribution in [0.4, 0.5) is 0 Å². The molecule has 1 amide bonds. The average molecular weight is 478 g/mol. The molecule has 1 saturated heterocycles. The second-order valence-electron chi connectivity index (χ2n) is 8.70. The summed E-state index contributed by atoms with van der Waals surface area (Å²) < 4.78 is 12.2. The predicted molar refractivity (Wildman–Crippen MR) is 131 cm³/mol. The molecule has 6 heteroatoms. The molecule has 0 saturated carbocycles. The Hall–Kier alpha value is -1.75. The molecule has 0 bridgehead atoms. The number of hydrogen-bond acceptors (Lipinski definition) is 3. The molecular formula is C26H33Cl2NO3. The Bertz CT molecular complexity index is 914. The lowest BCUT2D eigenvalue weighted by molar-refractivity contribution is -0.132. The molecule has 1 fully saturated rings. The Morgan fingerprint density at radius 3 is 2.50 bits per heavy atom. The molecule has 1 aliphatic rings. The van der Waals surface area contributed by atoms with Crippen molar-refractivity contribution in [3.63, 3.8) is 0 Å². The lowest BCUT2D eigenvalue weighted by Crippen LogP contribution is -2.34. The van der Waals surface area contributed by atoms with Crippen molar-refractivity contribution in [1.82, 2.24) is 4.90 Å². The highest BCUT2D eigenvalue weighted by Crippen LogP contribution is 2.44. The first-order valence-corrected chi connectivity index (χ1v) is 12.2. The van der Waals surface area contributed by atoms with Gasteiger partial charge in [-0.15, -0.1) is 0 Å². The van der Waals surface area contributed by atoms with E-state index >= 15 is 0 Å². The smallest absolute Gasteiger partial charge is 0.260 e. The summed E-state index contributed by atoms with van der Waals surface area (Å²) in [5.74, 6) is 1.76. The number of benzene rings is 2. The molecule has 0 radical (unpaired) electrons. The largest absolute Gasteiger partial charge is 0.484 e. The van der Waals surface area contributed by atoms with Crippen LogP contribution >= 0.6 is 23.2 Å². The first kappa shape index (κ1) is 24.9. The van der Waals surface area contributed by atoms with E-state index in [1.807, 2.05) is 50.2 Å². The number of ether oxygens (including phenoxy) is 2. The minimum absolute atomic E-state index is 0.00107. The van der Waals surface area contributed by atoms with Crippen LogP contribution in [0.3, 0.4) is 0 Å². The molecule has 174 valence electrons. The number of carbonyl (C=O) groups excluding carboxylic acids is 1. The first-order valence-electron chi connectivity index (χ1n) is 11.4. The lowest BCUT2D eigenvalue weighted by Gasteiger charge is -2.39. The van der Waals surface area contributed by atoms with E-state index in [0.29, 0.717) is 47.3 Å². The summed E-state index contributed by atoms with van der Waals surface area (Å²) >= 11 is 12.3. The maximum atomic E-state index is 12.3. The molecule has 2 aromatic carbocycles. The maximum absolute atomic E-state index is 12.3.